The standard InChI is InChI=1S/C53H38N2/c1-53(2)45-26-10-8-22-41(45)42-32-31-38(34-46(42)53)54(37-19-4-3-5-20-37)48-28-12-13-29-49(48)55-47-27-11-9-23-44(47)52-50(55)33-30-36-18-15-25-43(51(36)52)40-24-14-17-35-16-6-7-21-39(35)40/h3-34H,1-2H3. The number of para-hydroxylation sites is 4. The first-order chi connectivity index (χ1) is 27.1. The largest absolute Gasteiger partial charge is 0.308 e. The molecular weight excluding hydrogens is 665 g/mol. The topological polar surface area (TPSA) is 8.17 Å². The predicted octanol–water partition coefficient (Wildman–Crippen LogP) is 14.5. The predicted molar refractivity (Wildman–Crippen MR) is 233 cm³/mol. The van der Waals surface area contributed by atoms with Crippen molar-refractivity contribution in [2.45, 2.75) is 19.3 Å². The molecule has 1 aliphatic carbocycles. The average Bonchev–Trinajstić information content (AvgIpc) is 3.69. The van der Waals surface area contributed by atoms with Crippen molar-refractivity contribution in [2.24, 2.45) is 0 Å². The van der Waals surface area contributed by atoms with E-state index in [0.717, 1.165) is 22.7 Å². The summed E-state index contributed by atoms with van der Waals surface area (Å²) in [6.07, 6.45) is 0. The Balaban J connectivity index is 1.19. The molecular formula is C53H38N2. The zero-order valence-corrected chi connectivity index (χ0v) is 30.9. The Hall–Kier alpha value is -6.90. The number of benzene rings is 9. The fraction of sp³-hybridized carbons (Fsp3) is 0.0566. The second kappa shape index (κ2) is 12.1. The van der Waals surface area contributed by atoms with Gasteiger partial charge in [0.2, 0.25) is 0 Å². The molecule has 0 bridgehead atoms. The second-order valence-corrected chi connectivity index (χ2v) is 15.3. The van der Waals surface area contributed by atoms with Crippen LogP contribution >= 0.6 is 0 Å². The molecule has 0 radical (unpaired) electrons. The van der Waals surface area contributed by atoms with Crippen LogP contribution in [0.25, 0.3) is 71.3 Å². The molecule has 0 unspecified atom stereocenters. The first-order valence-electron chi connectivity index (χ1n) is 19.2. The van der Waals surface area contributed by atoms with Gasteiger partial charge in [-0.15, -0.1) is 0 Å². The average molecular weight is 703 g/mol. The van der Waals surface area contributed by atoms with Gasteiger partial charge in [0, 0.05) is 27.6 Å². The molecule has 1 aliphatic rings. The van der Waals surface area contributed by atoms with Gasteiger partial charge in [-0.2, -0.15) is 0 Å². The highest BCUT2D eigenvalue weighted by Gasteiger charge is 2.36. The third kappa shape index (κ3) is 4.68. The summed E-state index contributed by atoms with van der Waals surface area (Å²) in [5.41, 5.74) is 14.7. The van der Waals surface area contributed by atoms with E-state index in [4.69, 9.17) is 0 Å². The molecule has 10 aromatic rings. The molecule has 0 atom stereocenters. The number of anilines is 3. The summed E-state index contributed by atoms with van der Waals surface area (Å²) in [6.45, 7) is 4.72. The van der Waals surface area contributed by atoms with Gasteiger partial charge in [-0.25, -0.2) is 0 Å². The minimum Gasteiger partial charge on any atom is -0.308 e. The molecule has 9 aromatic carbocycles. The van der Waals surface area contributed by atoms with Gasteiger partial charge in [-0.3, -0.25) is 0 Å². The number of nitrogens with zero attached hydrogens (tertiary/aromatic N) is 2. The maximum atomic E-state index is 2.49. The summed E-state index contributed by atoms with van der Waals surface area (Å²) in [7, 11) is 0. The van der Waals surface area contributed by atoms with E-state index in [0.29, 0.717) is 0 Å². The fourth-order valence-corrected chi connectivity index (χ4v) is 9.46. The molecule has 0 spiro atoms. The monoisotopic (exact) mass is 702 g/mol. The molecule has 0 fully saturated rings. The van der Waals surface area contributed by atoms with E-state index >= 15 is 0 Å². The Labute approximate surface area is 321 Å². The smallest absolute Gasteiger partial charge is 0.0702 e. The maximum Gasteiger partial charge on any atom is 0.0702 e. The Morgan fingerprint density at radius 3 is 1.95 bits per heavy atom. The van der Waals surface area contributed by atoms with Crippen molar-refractivity contribution in [3.05, 3.63) is 205 Å². The van der Waals surface area contributed by atoms with Crippen molar-refractivity contribution in [2.75, 3.05) is 4.90 Å². The fourth-order valence-electron chi connectivity index (χ4n) is 9.46. The van der Waals surface area contributed by atoms with Crippen LogP contribution in [0.4, 0.5) is 17.1 Å². The SMILES string of the molecule is CC1(C)c2ccccc2-c2ccc(N(c3ccccc3)c3ccccc3-n3c4ccccc4c4c5c(-c6cccc7ccccc67)cccc5ccc43)cc21. The lowest BCUT2D eigenvalue weighted by Crippen LogP contribution is -2.17. The first kappa shape index (κ1) is 31.6. The van der Waals surface area contributed by atoms with Gasteiger partial charge in [0.25, 0.3) is 0 Å². The summed E-state index contributed by atoms with van der Waals surface area (Å²) in [6, 6.07) is 71.4. The molecule has 1 heterocycles. The number of aromatic nitrogens is 1. The van der Waals surface area contributed by atoms with Gasteiger partial charge < -0.3 is 9.47 Å². The summed E-state index contributed by atoms with van der Waals surface area (Å²) < 4.78 is 2.49. The molecule has 2 nitrogen and oxygen atoms in total. The molecule has 260 valence electrons. The number of rotatable bonds is 5. The Kier molecular flexibility index (Phi) is 6.93. The van der Waals surface area contributed by atoms with E-state index in [1.54, 1.807) is 0 Å². The highest BCUT2D eigenvalue weighted by molar-refractivity contribution is 6.26. The molecule has 0 aliphatic heterocycles. The number of hydrogen-bond donors (Lipinski definition) is 0. The van der Waals surface area contributed by atoms with Crippen molar-refractivity contribution in [3.63, 3.8) is 0 Å². The van der Waals surface area contributed by atoms with Crippen LogP contribution in [0.3, 0.4) is 0 Å². The lowest BCUT2D eigenvalue weighted by molar-refractivity contribution is 0.660. The van der Waals surface area contributed by atoms with Crippen LogP contribution in [-0.2, 0) is 5.41 Å². The summed E-state index contributed by atoms with van der Waals surface area (Å²) >= 11 is 0. The summed E-state index contributed by atoms with van der Waals surface area (Å²) in [5, 5.41) is 7.55. The van der Waals surface area contributed by atoms with Crippen molar-refractivity contribution >= 4 is 60.4 Å². The van der Waals surface area contributed by atoms with E-state index in [1.807, 2.05) is 0 Å². The Bertz CT molecular complexity index is 3120. The zero-order valence-electron chi connectivity index (χ0n) is 30.9. The third-order valence-electron chi connectivity index (χ3n) is 12.0. The van der Waals surface area contributed by atoms with E-state index in [9.17, 15) is 0 Å². The molecule has 55 heavy (non-hydrogen) atoms. The van der Waals surface area contributed by atoms with Gasteiger partial charge in [-0.05, 0) is 103 Å². The van der Waals surface area contributed by atoms with E-state index < -0.39 is 0 Å². The summed E-state index contributed by atoms with van der Waals surface area (Å²) in [4.78, 5) is 2.44. The van der Waals surface area contributed by atoms with Crippen LogP contribution in [0, 0.1) is 0 Å². The van der Waals surface area contributed by atoms with Crippen molar-refractivity contribution < 1.29 is 0 Å². The molecule has 2 heteroatoms. The van der Waals surface area contributed by atoms with Crippen LogP contribution in [0.1, 0.15) is 25.0 Å². The highest BCUT2D eigenvalue weighted by atomic mass is 15.2. The van der Waals surface area contributed by atoms with E-state index in [1.165, 1.54) is 76.7 Å². The molecule has 11 rings (SSSR count). The van der Waals surface area contributed by atoms with Gasteiger partial charge >= 0.3 is 0 Å². The third-order valence-corrected chi connectivity index (χ3v) is 12.0. The van der Waals surface area contributed by atoms with E-state index in [2.05, 4.69) is 217 Å². The quantitative estimate of drug-likeness (QED) is 0.173. The van der Waals surface area contributed by atoms with Crippen molar-refractivity contribution in [1.82, 2.24) is 4.57 Å². The van der Waals surface area contributed by atoms with Gasteiger partial charge in [0.05, 0.1) is 22.4 Å². The minimum absolute atomic E-state index is 0.112. The van der Waals surface area contributed by atoms with Crippen molar-refractivity contribution in [1.29, 1.82) is 0 Å². The van der Waals surface area contributed by atoms with Crippen molar-refractivity contribution in [3.8, 4) is 27.9 Å². The molecule has 0 saturated carbocycles. The molecule has 0 N–H and O–H groups in total. The lowest BCUT2D eigenvalue weighted by Gasteiger charge is -2.30. The summed E-state index contributed by atoms with van der Waals surface area (Å²) in [5.74, 6) is 0. The van der Waals surface area contributed by atoms with Crippen LogP contribution in [0.2, 0.25) is 0 Å². The second-order valence-electron chi connectivity index (χ2n) is 15.3. The number of fused-ring (bicyclic) bond motifs is 9. The van der Waals surface area contributed by atoms with Gasteiger partial charge in [0.1, 0.15) is 0 Å². The minimum atomic E-state index is -0.112. The Morgan fingerprint density at radius 1 is 0.400 bits per heavy atom. The normalized spacial score (nSPS) is 13.1. The maximum absolute atomic E-state index is 2.49. The zero-order chi connectivity index (χ0) is 36.7. The number of hydrogen-bond acceptors (Lipinski definition) is 1. The van der Waals surface area contributed by atoms with Gasteiger partial charge in [0.15, 0.2) is 0 Å². The molecule has 0 amide bonds. The first-order valence-corrected chi connectivity index (χ1v) is 19.2. The van der Waals surface area contributed by atoms with Crippen LogP contribution < -0.4 is 4.90 Å². The Morgan fingerprint density at radius 2 is 1.05 bits per heavy atom. The van der Waals surface area contributed by atoms with Crippen LogP contribution in [-0.4, -0.2) is 4.57 Å². The molecule has 0 saturated heterocycles. The van der Waals surface area contributed by atoms with Gasteiger partial charge in [-0.1, -0.05) is 159 Å². The van der Waals surface area contributed by atoms with Crippen LogP contribution in [0.5, 0.6) is 0 Å². The van der Waals surface area contributed by atoms with E-state index in [-0.39, 0.29) is 5.41 Å². The lowest BCUT2D eigenvalue weighted by atomic mass is 9.82. The highest BCUT2D eigenvalue weighted by Crippen LogP contribution is 2.51. The van der Waals surface area contributed by atoms with Crippen LogP contribution in [0.15, 0.2) is 194 Å². The molecule has 1 aromatic heterocycles.